The lowest BCUT2D eigenvalue weighted by atomic mass is 10.2. The van der Waals surface area contributed by atoms with E-state index in [9.17, 15) is 4.79 Å². The van der Waals surface area contributed by atoms with E-state index in [0.717, 1.165) is 48.1 Å². The van der Waals surface area contributed by atoms with Crippen LogP contribution in [0.15, 0.2) is 76.3 Å². The number of thiazole rings is 1. The summed E-state index contributed by atoms with van der Waals surface area (Å²) in [5.74, 6) is 0.104. The Morgan fingerprint density at radius 3 is 2.88 bits per heavy atom. The fourth-order valence-corrected chi connectivity index (χ4v) is 5.62. The van der Waals surface area contributed by atoms with Crippen molar-refractivity contribution >= 4 is 56.3 Å². The van der Waals surface area contributed by atoms with Gasteiger partial charge in [0, 0.05) is 34.2 Å². The van der Waals surface area contributed by atoms with Gasteiger partial charge in [-0.1, -0.05) is 30.0 Å². The van der Waals surface area contributed by atoms with Crippen LogP contribution in [0.1, 0.15) is 17.0 Å². The molecule has 0 saturated carbocycles. The maximum absolute atomic E-state index is 12.2. The van der Waals surface area contributed by atoms with Gasteiger partial charge in [-0.3, -0.25) is 9.78 Å². The molecule has 1 N–H and O–H groups in total. The average Bonchev–Trinajstić information content (AvgIpc) is 3.37. The normalized spacial score (nSPS) is 11.6. The summed E-state index contributed by atoms with van der Waals surface area (Å²) in [5.41, 5.74) is 8.73. The largest absolute Gasteiger partial charge is 0.318 e. The van der Waals surface area contributed by atoms with Crippen LogP contribution in [0.2, 0.25) is 0 Å². The average molecular weight is 472 g/mol. The number of nitrogens with one attached hydrogen (secondary N) is 1. The second-order valence-corrected chi connectivity index (χ2v) is 9.82. The standard InChI is InChI=1S/C25H21N5OS2/c1-16-12-19(17(2)30(16)20-9-10-21-18(13-20)6-5-11-26-21)14-27-29-24(31)15-32-25-28-22-7-3-4-8-23(22)33-25/h3-14H,15H2,1-2H3,(H,29,31)/b27-14+. The van der Waals surface area contributed by atoms with E-state index in [0.29, 0.717) is 0 Å². The highest BCUT2D eigenvalue weighted by Crippen LogP contribution is 2.29. The van der Waals surface area contributed by atoms with Crippen molar-refractivity contribution in [2.75, 3.05) is 5.75 Å². The highest BCUT2D eigenvalue weighted by molar-refractivity contribution is 8.01. The Labute approximate surface area is 199 Å². The van der Waals surface area contributed by atoms with Crippen LogP contribution < -0.4 is 5.43 Å². The number of carbonyl (C=O) groups excluding carboxylic acids is 1. The van der Waals surface area contributed by atoms with Gasteiger partial charge in [-0.25, -0.2) is 10.4 Å². The first-order valence-electron chi connectivity index (χ1n) is 10.4. The molecule has 0 unspecified atom stereocenters. The summed E-state index contributed by atoms with van der Waals surface area (Å²) in [6.07, 6.45) is 3.50. The highest BCUT2D eigenvalue weighted by Gasteiger charge is 2.11. The summed E-state index contributed by atoms with van der Waals surface area (Å²) >= 11 is 3.01. The Bertz CT molecular complexity index is 1470. The topological polar surface area (TPSA) is 72.2 Å². The predicted octanol–water partition coefficient (Wildman–Crippen LogP) is 5.49. The van der Waals surface area contributed by atoms with Crippen LogP contribution >= 0.6 is 23.1 Å². The van der Waals surface area contributed by atoms with Crippen LogP contribution in [0, 0.1) is 13.8 Å². The number of rotatable bonds is 6. The van der Waals surface area contributed by atoms with Gasteiger partial charge in [0.1, 0.15) is 0 Å². The van der Waals surface area contributed by atoms with E-state index in [2.05, 4.69) is 56.3 Å². The molecule has 5 rings (SSSR count). The zero-order valence-corrected chi connectivity index (χ0v) is 19.8. The molecule has 1 amide bonds. The minimum absolute atomic E-state index is 0.161. The predicted molar refractivity (Wildman–Crippen MR) is 137 cm³/mol. The molecule has 8 heteroatoms. The number of amides is 1. The van der Waals surface area contributed by atoms with E-state index < -0.39 is 0 Å². The third-order valence-electron chi connectivity index (χ3n) is 5.31. The number of nitrogens with zero attached hydrogens (tertiary/aromatic N) is 4. The van der Waals surface area contributed by atoms with Gasteiger partial charge >= 0.3 is 0 Å². The lowest BCUT2D eigenvalue weighted by Crippen LogP contribution is -2.19. The van der Waals surface area contributed by atoms with Crippen LogP contribution in [-0.2, 0) is 4.79 Å². The van der Waals surface area contributed by atoms with Crippen molar-refractivity contribution < 1.29 is 4.79 Å². The number of aryl methyl sites for hydroxylation is 1. The van der Waals surface area contributed by atoms with Crippen molar-refractivity contribution in [2.45, 2.75) is 18.2 Å². The smallest absolute Gasteiger partial charge is 0.250 e. The zero-order chi connectivity index (χ0) is 22.8. The molecule has 2 aromatic carbocycles. The summed E-state index contributed by atoms with van der Waals surface area (Å²) in [5, 5.41) is 5.27. The molecule has 0 radical (unpaired) electrons. The first-order chi connectivity index (χ1) is 16.1. The highest BCUT2D eigenvalue weighted by atomic mass is 32.2. The Morgan fingerprint density at radius 1 is 1.12 bits per heavy atom. The van der Waals surface area contributed by atoms with Gasteiger partial charge in [0.2, 0.25) is 0 Å². The molecule has 33 heavy (non-hydrogen) atoms. The number of carbonyl (C=O) groups is 1. The third-order valence-corrected chi connectivity index (χ3v) is 7.49. The van der Waals surface area contributed by atoms with Crippen molar-refractivity contribution in [2.24, 2.45) is 5.10 Å². The second-order valence-electron chi connectivity index (χ2n) is 7.57. The Morgan fingerprint density at radius 2 is 2.00 bits per heavy atom. The van der Waals surface area contributed by atoms with Crippen molar-refractivity contribution in [1.29, 1.82) is 0 Å². The summed E-state index contributed by atoms with van der Waals surface area (Å²) in [4.78, 5) is 21.2. The number of hydrazone groups is 1. The van der Waals surface area contributed by atoms with Crippen molar-refractivity contribution in [3.63, 3.8) is 0 Å². The number of pyridine rings is 1. The summed E-state index contributed by atoms with van der Waals surface area (Å²) in [7, 11) is 0. The molecule has 0 bridgehead atoms. The number of thioether (sulfide) groups is 1. The minimum atomic E-state index is -0.161. The molecule has 3 heterocycles. The number of fused-ring (bicyclic) bond motifs is 2. The Hall–Kier alpha value is -3.49. The molecule has 6 nitrogen and oxygen atoms in total. The number of hydrogen-bond acceptors (Lipinski definition) is 6. The van der Waals surface area contributed by atoms with Gasteiger partial charge in [0.25, 0.3) is 5.91 Å². The SMILES string of the molecule is Cc1cc(/C=N/NC(=O)CSc2nc3ccccc3s2)c(C)n1-c1ccc2ncccc2c1. The first-order valence-corrected chi connectivity index (χ1v) is 12.2. The molecule has 0 fully saturated rings. The number of aromatic nitrogens is 3. The molecule has 0 spiro atoms. The van der Waals surface area contributed by atoms with Gasteiger partial charge < -0.3 is 4.57 Å². The van der Waals surface area contributed by atoms with Gasteiger partial charge in [-0.05, 0) is 56.3 Å². The molecule has 0 aliphatic carbocycles. The number of benzene rings is 2. The molecule has 3 aromatic heterocycles. The summed E-state index contributed by atoms with van der Waals surface area (Å²) in [6.45, 7) is 4.11. The summed E-state index contributed by atoms with van der Waals surface area (Å²) in [6, 6.07) is 20.3. The Kier molecular flexibility index (Phi) is 5.93. The molecular formula is C25H21N5OS2. The Balaban J connectivity index is 1.25. The van der Waals surface area contributed by atoms with Crippen LogP contribution in [0.3, 0.4) is 0 Å². The molecule has 0 aliphatic rings. The minimum Gasteiger partial charge on any atom is -0.318 e. The van der Waals surface area contributed by atoms with Crippen LogP contribution in [-0.4, -0.2) is 32.4 Å². The van der Waals surface area contributed by atoms with Crippen molar-refractivity contribution in [3.05, 3.63) is 83.8 Å². The molecule has 0 atom stereocenters. The fourth-order valence-electron chi connectivity index (χ4n) is 3.76. The molecule has 164 valence electrons. The fraction of sp³-hybridized carbons (Fsp3) is 0.120. The van der Waals surface area contributed by atoms with E-state index in [-0.39, 0.29) is 11.7 Å². The van der Waals surface area contributed by atoms with E-state index in [1.807, 2.05) is 43.3 Å². The molecule has 0 saturated heterocycles. The molecule has 0 aliphatic heterocycles. The van der Waals surface area contributed by atoms with Gasteiger partial charge in [0.05, 0.1) is 27.7 Å². The summed E-state index contributed by atoms with van der Waals surface area (Å²) < 4.78 is 4.18. The van der Waals surface area contributed by atoms with Crippen molar-refractivity contribution in [3.8, 4) is 5.69 Å². The number of hydrogen-bond donors (Lipinski definition) is 1. The lowest BCUT2D eigenvalue weighted by Gasteiger charge is -2.10. The van der Waals surface area contributed by atoms with E-state index >= 15 is 0 Å². The first kappa shape index (κ1) is 21.4. The van der Waals surface area contributed by atoms with E-state index in [4.69, 9.17) is 0 Å². The van der Waals surface area contributed by atoms with Gasteiger partial charge in [-0.2, -0.15) is 5.10 Å². The maximum Gasteiger partial charge on any atom is 0.250 e. The quantitative estimate of drug-likeness (QED) is 0.202. The van der Waals surface area contributed by atoms with E-state index in [1.165, 1.54) is 11.8 Å². The number of para-hydroxylation sites is 1. The van der Waals surface area contributed by atoms with Crippen molar-refractivity contribution in [1.82, 2.24) is 20.0 Å². The lowest BCUT2D eigenvalue weighted by molar-refractivity contribution is -0.118. The van der Waals surface area contributed by atoms with Gasteiger partial charge in [-0.15, -0.1) is 11.3 Å². The molecule has 5 aromatic rings. The van der Waals surface area contributed by atoms with Crippen LogP contribution in [0.5, 0.6) is 0 Å². The monoisotopic (exact) mass is 471 g/mol. The second kappa shape index (κ2) is 9.17. The van der Waals surface area contributed by atoms with Crippen LogP contribution in [0.4, 0.5) is 0 Å². The van der Waals surface area contributed by atoms with Crippen LogP contribution in [0.25, 0.3) is 26.8 Å². The van der Waals surface area contributed by atoms with E-state index in [1.54, 1.807) is 23.7 Å². The maximum atomic E-state index is 12.2. The zero-order valence-electron chi connectivity index (χ0n) is 18.1. The third kappa shape index (κ3) is 4.53. The molecular weight excluding hydrogens is 450 g/mol. The van der Waals surface area contributed by atoms with Gasteiger partial charge in [0.15, 0.2) is 4.34 Å².